The lowest BCUT2D eigenvalue weighted by atomic mass is 10.1. The first-order chi connectivity index (χ1) is 9.47. The Kier molecular flexibility index (Phi) is 4.68. The van der Waals surface area contributed by atoms with Crippen LogP contribution in [0.1, 0.15) is 20.3 Å². The molecule has 1 aromatic rings. The number of anilines is 2. The van der Waals surface area contributed by atoms with Crippen LogP contribution in [-0.4, -0.2) is 29.9 Å². The quantitative estimate of drug-likeness (QED) is 0.665. The van der Waals surface area contributed by atoms with Gasteiger partial charge in [0.2, 0.25) is 5.91 Å². The van der Waals surface area contributed by atoms with E-state index in [2.05, 4.69) is 23.2 Å². The number of carbonyl (C=O) groups is 1. The fraction of sp³-hybridized carbons (Fsp3) is 0.400. The number of hydrogen-bond donors (Lipinski definition) is 2. The Morgan fingerprint density at radius 3 is 2.85 bits per heavy atom. The highest BCUT2D eigenvalue weighted by molar-refractivity contribution is 6.33. The number of nitrogen functional groups attached to an aromatic ring is 1. The van der Waals surface area contributed by atoms with Gasteiger partial charge in [-0.05, 0) is 38.5 Å². The highest BCUT2D eigenvalue weighted by atomic mass is 35.5. The summed E-state index contributed by atoms with van der Waals surface area (Å²) in [5.41, 5.74) is 8.26. The fourth-order valence-corrected chi connectivity index (χ4v) is 2.29. The molecule has 108 valence electrons. The Balaban J connectivity index is 1.99. The summed E-state index contributed by atoms with van der Waals surface area (Å²) in [6.45, 7) is 5.78. The van der Waals surface area contributed by atoms with Crippen LogP contribution in [0.3, 0.4) is 0 Å². The zero-order valence-electron chi connectivity index (χ0n) is 11.8. The Morgan fingerprint density at radius 1 is 1.50 bits per heavy atom. The third-order valence-electron chi connectivity index (χ3n) is 3.66. The van der Waals surface area contributed by atoms with Crippen LogP contribution in [0.2, 0.25) is 5.02 Å². The van der Waals surface area contributed by atoms with Crippen LogP contribution >= 0.6 is 11.6 Å². The first-order valence-electron chi connectivity index (χ1n) is 6.73. The van der Waals surface area contributed by atoms with Gasteiger partial charge in [-0.25, -0.2) is 0 Å². The molecule has 0 radical (unpaired) electrons. The molecule has 1 aliphatic rings. The van der Waals surface area contributed by atoms with Crippen molar-refractivity contribution >= 4 is 28.9 Å². The van der Waals surface area contributed by atoms with E-state index in [0.717, 1.165) is 19.5 Å². The summed E-state index contributed by atoms with van der Waals surface area (Å²) in [6.07, 6.45) is 3.19. The Bertz CT molecular complexity index is 542. The molecule has 1 atom stereocenters. The summed E-state index contributed by atoms with van der Waals surface area (Å²) in [7, 11) is 0. The van der Waals surface area contributed by atoms with Gasteiger partial charge in [0.1, 0.15) is 0 Å². The third kappa shape index (κ3) is 3.52. The maximum absolute atomic E-state index is 12.2. The standard InChI is InChI=1S/C15H20ClN3O/c1-10-5-7-19(8-6-10)11(2)15(20)18-12-3-4-13(16)14(17)9-12/h3-5,9,11H,6-8,17H2,1-2H3,(H,18,20). The maximum atomic E-state index is 12.2. The Hall–Kier alpha value is -1.52. The molecular formula is C15H20ClN3O. The predicted molar refractivity (Wildman–Crippen MR) is 83.9 cm³/mol. The van der Waals surface area contributed by atoms with Crippen LogP contribution < -0.4 is 11.1 Å². The normalized spacial score (nSPS) is 17.4. The SMILES string of the molecule is CC1=CCN(C(C)C(=O)Nc2ccc(Cl)c(N)c2)CC1. The maximum Gasteiger partial charge on any atom is 0.241 e. The van der Waals surface area contributed by atoms with E-state index < -0.39 is 0 Å². The molecule has 0 spiro atoms. The summed E-state index contributed by atoms with van der Waals surface area (Å²) in [6, 6.07) is 4.94. The zero-order valence-corrected chi connectivity index (χ0v) is 12.6. The fourth-order valence-electron chi connectivity index (χ4n) is 2.17. The van der Waals surface area contributed by atoms with Crippen molar-refractivity contribution in [1.82, 2.24) is 4.90 Å². The molecule has 20 heavy (non-hydrogen) atoms. The van der Waals surface area contributed by atoms with E-state index >= 15 is 0 Å². The minimum absolute atomic E-state index is 0.0281. The van der Waals surface area contributed by atoms with Crippen molar-refractivity contribution in [1.29, 1.82) is 0 Å². The van der Waals surface area contributed by atoms with Gasteiger partial charge in [0.15, 0.2) is 0 Å². The average molecular weight is 294 g/mol. The van der Waals surface area contributed by atoms with Crippen LogP contribution in [0.5, 0.6) is 0 Å². The molecule has 1 aromatic carbocycles. The summed E-state index contributed by atoms with van der Waals surface area (Å²) in [5, 5.41) is 3.37. The molecular weight excluding hydrogens is 274 g/mol. The van der Waals surface area contributed by atoms with Crippen LogP contribution in [-0.2, 0) is 4.79 Å². The third-order valence-corrected chi connectivity index (χ3v) is 4.00. The van der Waals surface area contributed by atoms with E-state index in [4.69, 9.17) is 17.3 Å². The van der Waals surface area contributed by atoms with Gasteiger partial charge in [0.25, 0.3) is 0 Å². The van der Waals surface area contributed by atoms with Crippen LogP contribution in [0, 0.1) is 0 Å². The van der Waals surface area contributed by atoms with Crippen molar-refractivity contribution in [3.8, 4) is 0 Å². The van der Waals surface area contributed by atoms with Gasteiger partial charge in [0.05, 0.1) is 16.8 Å². The van der Waals surface area contributed by atoms with E-state index in [1.54, 1.807) is 18.2 Å². The van der Waals surface area contributed by atoms with Gasteiger partial charge >= 0.3 is 0 Å². The molecule has 1 amide bonds. The first kappa shape index (κ1) is 14.9. The second kappa shape index (κ2) is 6.29. The van der Waals surface area contributed by atoms with Gasteiger partial charge in [-0.3, -0.25) is 9.69 Å². The minimum atomic E-state index is -0.170. The molecule has 4 nitrogen and oxygen atoms in total. The molecule has 5 heteroatoms. The van der Waals surface area contributed by atoms with E-state index in [1.807, 2.05) is 6.92 Å². The van der Waals surface area contributed by atoms with Crippen molar-refractivity contribution < 1.29 is 4.79 Å². The van der Waals surface area contributed by atoms with Gasteiger partial charge < -0.3 is 11.1 Å². The summed E-state index contributed by atoms with van der Waals surface area (Å²) >= 11 is 5.86. The number of amides is 1. The van der Waals surface area contributed by atoms with Crippen LogP contribution in [0.25, 0.3) is 0 Å². The monoisotopic (exact) mass is 293 g/mol. The van der Waals surface area contributed by atoms with E-state index in [9.17, 15) is 4.79 Å². The second-order valence-corrected chi connectivity index (χ2v) is 5.60. The van der Waals surface area contributed by atoms with Gasteiger partial charge in [-0.2, -0.15) is 0 Å². The number of nitrogens with two attached hydrogens (primary N) is 1. The van der Waals surface area contributed by atoms with Gasteiger partial charge in [0, 0.05) is 18.8 Å². The lowest BCUT2D eigenvalue weighted by molar-refractivity contribution is -0.120. The number of nitrogens with zero attached hydrogens (tertiary/aromatic N) is 1. The smallest absolute Gasteiger partial charge is 0.241 e. The summed E-state index contributed by atoms with van der Waals surface area (Å²) in [4.78, 5) is 14.4. The highest BCUT2D eigenvalue weighted by Gasteiger charge is 2.22. The highest BCUT2D eigenvalue weighted by Crippen LogP contribution is 2.22. The number of halogens is 1. The van der Waals surface area contributed by atoms with Crippen molar-refractivity contribution in [2.24, 2.45) is 0 Å². The summed E-state index contributed by atoms with van der Waals surface area (Å²) < 4.78 is 0. The second-order valence-electron chi connectivity index (χ2n) is 5.20. The Labute approximate surface area is 124 Å². The molecule has 1 unspecified atom stereocenters. The number of nitrogens with one attached hydrogen (secondary N) is 1. The molecule has 0 saturated carbocycles. The number of hydrogen-bond acceptors (Lipinski definition) is 3. The van der Waals surface area contributed by atoms with Crippen molar-refractivity contribution in [2.45, 2.75) is 26.3 Å². The largest absolute Gasteiger partial charge is 0.397 e. The average Bonchev–Trinajstić information content (AvgIpc) is 2.43. The van der Waals surface area contributed by atoms with Gasteiger partial charge in [-0.1, -0.05) is 23.3 Å². The molecule has 1 heterocycles. The number of carbonyl (C=O) groups excluding carboxylic acids is 1. The van der Waals surface area contributed by atoms with E-state index in [-0.39, 0.29) is 11.9 Å². The van der Waals surface area contributed by atoms with Crippen LogP contribution in [0.15, 0.2) is 29.8 Å². The van der Waals surface area contributed by atoms with E-state index in [0.29, 0.717) is 16.4 Å². The van der Waals surface area contributed by atoms with Crippen molar-refractivity contribution in [3.05, 3.63) is 34.9 Å². The number of rotatable bonds is 3. The molecule has 0 aliphatic carbocycles. The zero-order chi connectivity index (χ0) is 14.7. The van der Waals surface area contributed by atoms with Crippen LogP contribution in [0.4, 0.5) is 11.4 Å². The summed E-state index contributed by atoms with van der Waals surface area (Å²) in [5.74, 6) is -0.0281. The lowest BCUT2D eigenvalue weighted by Crippen LogP contribution is -2.44. The molecule has 3 N–H and O–H groups in total. The van der Waals surface area contributed by atoms with E-state index in [1.165, 1.54) is 5.57 Å². The molecule has 0 fully saturated rings. The lowest BCUT2D eigenvalue weighted by Gasteiger charge is -2.30. The molecule has 0 bridgehead atoms. The molecule has 0 saturated heterocycles. The van der Waals surface area contributed by atoms with Gasteiger partial charge in [-0.15, -0.1) is 0 Å². The first-order valence-corrected chi connectivity index (χ1v) is 7.10. The molecule has 0 aromatic heterocycles. The van der Waals surface area contributed by atoms with Crippen molar-refractivity contribution in [3.63, 3.8) is 0 Å². The number of benzene rings is 1. The molecule has 2 rings (SSSR count). The molecule has 1 aliphatic heterocycles. The predicted octanol–water partition coefficient (Wildman–Crippen LogP) is 2.90. The van der Waals surface area contributed by atoms with Crippen molar-refractivity contribution in [2.75, 3.05) is 24.1 Å². The Morgan fingerprint density at radius 2 is 2.25 bits per heavy atom. The minimum Gasteiger partial charge on any atom is -0.397 e. The topological polar surface area (TPSA) is 58.4 Å².